The van der Waals surface area contributed by atoms with Crippen molar-refractivity contribution in [2.45, 2.75) is 19.9 Å². The maximum absolute atomic E-state index is 6.17. The fourth-order valence-corrected chi connectivity index (χ4v) is 4.64. The Labute approximate surface area is 178 Å². The standard InChI is InChI=1S/C21H18Cl2N6/c1-21(2)12-28(19(21)13-5-7-24-8-6-13)18-4-3-17-25-26-20(29(17)27-18)14-9-15(22)11-16(23)10-14/h3-11,19H,12H2,1-2H3/t19-/m0/s1. The topological polar surface area (TPSA) is 59.2 Å². The van der Waals surface area contributed by atoms with Crippen LogP contribution in [0.3, 0.4) is 0 Å². The van der Waals surface area contributed by atoms with Crippen LogP contribution in [-0.4, -0.2) is 31.3 Å². The summed E-state index contributed by atoms with van der Waals surface area (Å²) in [4.78, 5) is 6.44. The van der Waals surface area contributed by atoms with Crippen molar-refractivity contribution in [1.82, 2.24) is 24.8 Å². The number of benzene rings is 1. The van der Waals surface area contributed by atoms with Crippen LogP contribution in [0.5, 0.6) is 0 Å². The van der Waals surface area contributed by atoms with Gasteiger partial charge < -0.3 is 4.90 Å². The van der Waals surface area contributed by atoms with E-state index < -0.39 is 0 Å². The summed E-state index contributed by atoms with van der Waals surface area (Å²) in [6.45, 7) is 5.44. The molecule has 6 nitrogen and oxygen atoms in total. The number of nitrogens with zero attached hydrogens (tertiary/aromatic N) is 6. The first-order valence-electron chi connectivity index (χ1n) is 9.28. The van der Waals surface area contributed by atoms with E-state index in [1.165, 1.54) is 5.56 Å². The molecule has 0 bridgehead atoms. The Morgan fingerprint density at radius 2 is 1.69 bits per heavy atom. The number of rotatable bonds is 3. The van der Waals surface area contributed by atoms with Crippen molar-refractivity contribution in [2.24, 2.45) is 5.41 Å². The number of anilines is 1. The summed E-state index contributed by atoms with van der Waals surface area (Å²) in [6.07, 6.45) is 3.67. The fraction of sp³-hybridized carbons (Fsp3) is 0.238. The van der Waals surface area contributed by atoms with Crippen molar-refractivity contribution in [3.8, 4) is 11.4 Å². The van der Waals surface area contributed by atoms with Gasteiger partial charge in [-0.25, -0.2) is 0 Å². The van der Waals surface area contributed by atoms with Gasteiger partial charge >= 0.3 is 0 Å². The first kappa shape index (κ1) is 18.3. The molecule has 1 fully saturated rings. The molecule has 0 saturated carbocycles. The summed E-state index contributed by atoms with van der Waals surface area (Å²) >= 11 is 12.3. The van der Waals surface area contributed by atoms with Crippen LogP contribution in [0.4, 0.5) is 5.82 Å². The van der Waals surface area contributed by atoms with Crippen LogP contribution >= 0.6 is 23.2 Å². The SMILES string of the molecule is CC1(C)CN(c2ccc3nnc(-c4cc(Cl)cc(Cl)c4)n3n2)[C@H]1c1ccncc1. The van der Waals surface area contributed by atoms with Crippen molar-refractivity contribution in [2.75, 3.05) is 11.4 Å². The van der Waals surface area contributed by atoms with E-state index in [1.807, 2.05) is 36.7 Å². The fourth-order valence-electron chi connectivity index (χ4n) is 4.11. The number of halogens is 2. The third-order valence-corrected chi connectivity index (χ3v) is 5.75. The van der Waals surface area contributed by atoms with E-state index in [0.717, 1.165) is 17.9 Å². The van der Waals surface area contributed by atoms with Crippen LogP contribution < -0.4 is 4.90 Å². The van der Waals surface area contributed by atoms with E-state index in [2.05, 4.69) is 46.1 Å². The van der Waals surface area contributed by atoms with Crippen LogP contribution in [0.25, 0.3) is 17.0 Å². The van der Waals surface area contributed by atoms with E-state index in [4.69, 9.17) is 28.3 Å². The highest BCUT2D eigenvalue weighted by Gasteiger charge is 2.47. The largest absolute Gasteiger partial charge is 0.347 e. The molecule has 5 rings (SSSR count). The van der Waals surface area contributed by atoms with Gasteiger partial charge in [-0.1, -0.05) is 37.0 Å². The number of pyridine rings is 1. The Morgan fingerprint density at radius 1 is 0.966 bits per heavy atom. The summed E-state index contributed by atoms with van der Waals surface area (Å²) in [6, 6.07) is 13.6. The van der Waals surface area contributed by atoms with Gasteiger partial charge in [0.15, 0.2) is 11.5 Å². The molecular weight excluding hydrogens is 407 g/mol. The number of hydrogen-bond donors (Lipinski definition) is 0. The maximum Gasteiger partial charge on any atom is 0.185 e. The van der Waals surface area contributed by atoms with Gasteiger partial charge in [0.2, 0.25) is 0 Å². The lowest BCUT2D eigenvalue weighted by molar-refractivity contribution is 0.178. The molecule has 0 radical (unpaired) electrons. The van der Waals surface area contributed by atoms with Crippen LogP contribution in [0, 0.1) is 5.41 Å². The number of fused-ring (bicyclic) bond motifs is 1. The second-order valence-corrected chi connectivity index (χ2v) is 8.82. The molecule has 4 aromatic rings. The molecule has 0 amide bonds. The molecule has 8 heteroatoms. The average molecular weight is 425 g/mol. The highest BCUT2D eigenvalue weighted by molar-refractivity contribution is 6.35. The minimum absolute atomic E-state index is 0.133. The molecular formula is C21H18Cl2N6. The lowest BCUT2D eigenvalue weighted by Gasteiger charge is -2.55. The van der Waals surface area contributed by atoms with E-state index >= 15 is 0 Å². The average Bonchev–Trinajstić information content (AvgIpc) is 3.09. The van der Waals surface area contributed by atoms with Gasteiger partial charge in [-0.2, -0.15) is 4.52 Å². The summed E-state index contributed by atoms with van der Waals surface area (Å²) < 4.78 is 1.74. The molecule has 1 aromatic carbocycles. The van der Waals surface area contributed by atoms with Crippen molar-refractivity contribution in [1.29, 1.82) is 0 Å². The molecule has 1 aliphatic rings. The highest BCUT2D eigenvalue weighted by atomic mass is 35.5. The molecule has 1 saturated heterocycles. The third kappa shape index (κ3) is 3.12. The molecule has 4 heterocycles. The lowest BCUT2D eigenvalue weighted by Crippen LogP contribution is -2.56. The molecule has 146 valence electrons. The van der Waals surface area contributed by atoms with Crippen molar-refractivity contribution >= 4 is 34.7 Å². The Balaban J connectivity index is 1.58. The quantitative estimate of drug-likeness (QED) is 0.458. The molecule has 0 spiro atoms. The minimum Gasteiger partial charge on any atom is -0.347 e. The Bertz CT molecular complexity index is 1180. The molecule has 0 unspecified atom stereocenters. The van der Waals surface area contributed by atoms with E-state index in [1.54, 1.807) is 10.6 Å². The summed E-state index contributed by atoms with van der Waals surface area (Å²) in [5.41, 5.74) is 2.80. The Morgan fingerprint density at radius 3 is 2.38 bits per heavy atom. The zero-order chi connectivity index (χ0) is 20.2. The number of aromatic nitrogens is 5. The van der Waals surface area contributed by atoms with Gasteiger partial charge in [0, 0.05) is 40.0 Å². The highest BCUT2D eigenvalue weighted by Crippen LogP contribution is 2.49. The van der Waals surface area contributed by atoms with E-state index in [0.29, 0.717) is 21.5 Å². The minimum atomic E-state index is 0.133. The maximum atomic E-state index is 6.17. The lowest BCUT2D eigenvalue weighted by atomic mass is 9.72. The molecule has 0 aliphatic carbocycles. The van der Waals surface area contributed by atoms with Crippen LogP contribution in [0.1, 0.15) is 25.5 Å². The molecule has 1 atom stereocenters. The van der Waals surface area contributed by atoms with Gasteiger partial charge in [-0.3, -0.25) is 4.98 Å². The molecule has 29 heavy (non-hydrogen) atoms. The number of hydrogen-bond acceptors (Lipinski definition) is 5. The smallest absolute Gasteiger partial charge is 0.185 e. The Hall–Kier alpha value is -2.70. The predicted molar refractivity (Wildman–Crippen MR) is 114 cm³/mol. The summed E-state index contributed by atoms with van der Waals surface area (Å²) in [5.74, 6) is 1.47. The van der Waals surface area contributed by atoms with E-state index in [-0.39, 0.29) is 11.5 Å². The van der Waals surface area contributed by atoms with Gasteiger partial charge in [0.1, 0.15) is 5.82 Å². The molecule has 3 aromatic heterocycles. The van der Waals surface area contributed by atoms with Crippen LogP contribution in [-0.2, 0) is 0 Å². The summed E-state index contributed by atoms with van der Waals surface area (Å²) in [5, 5.41) is 14.5. The van der Waals surface area contributed by atoms with E-state index in [9.17, 15) is 0 Å². The van der Waals surface area contributed by atoms with Gasteiger partial charge in [-0.15, -0.1) is 15.3 Å². The first-order valence-corrected chi connectivity index (χ1v) is 10.0. The molecule has 1 aliphatic heterocycles. The van der Waals surface area contributed by atoms with Crippen molar-refractivity contribution < 1.29 is 0 Å². The zero-order valence-corrected chi connectivity index (χ0v) is 17.4. The second-order valence-electron chi connectivity index (χ2n) is 7.94. The van der Waals surface area contributed by atoms with Crippen LogP contribution in [0.15, 0.2) is 54.9 Å². The normalized spacial score (nSPS) is 18.1. The monoisotopic (exact) mass is 424 g/mol. The molecule has 0 N–H and O–H groups in total. The van der Waals surface area contributed by atoms with Crippen LogP contribution in [0.2, 0.25) is 10.0 Å². The second kappa shape index (κ2) is 6.68. The summed E-state index contributed by atoms with van der Waals surface area (Å²) in [7, 11) is 0. The third-order valence-electron chi connectivity index (χ3n) is 5.32. The zero-order valence-electron chi connectivity index (χ0n) is 15.9. The van der Waals surface area contributed by atoms with Crippen molar-refractivity contribution in [3.05, 3.63) is 70.5 Å². The van der Waals surface area contributed by atoms with Gasteiger partial charge in [0.25, 0.3) is 0 Å². The predicted octanol–water partition coefficient (Wildman–Crippen LogP) is 5.08. The first-order chi connectivity index (χ1) is 13.9. The van der Waals surface area contributed by atoms with Gasteiger partial charge in [0.05, 0.1) is 6.04 Å². The van der Waals surface area contributed by atoms with Crippen molar-refractivity contribution in [3.63, 3.8) is 0 Å². The van der Waals surface area contributed by atoms with Gasteiger partial charge in [-0.05, 0) is 48.0 Å². The Kier molecular flexibility index (Phi) is 4.22.